The zero-order valence-electron chi connectivity index (χ0n) is 23.5. The van der Waals surface area contributed by atoms with E-state index in [0.717, 1.165) is 33.2 Å². The van der Waals surface area contributed by atoms with Crippen LogP contribution >= 0.6 is 23.2 Å². The van der Waals surface area contributed by atoms with Gasteiger partial charge in [0.15, 0.2) is 0 Å². The van der Waals surface area contributed by atoms with Crippen LogP contribution in [0.3, 0.4) is 0 Å². The Hall–Kier alpha value is -2.61. The van der Waals surface area contributed by atoms with E-state index in [-0.39, 0.29) is 0 Å². The smallest absolute Gasteiger partial charge is 0.361 e. The molecule has 0 radical (unpaired) electrons. The molecule has 4 aromatic carbocycles. The molecule has 2 atom stereocenters. The van der Waals surface area contributed by atoms with Gasteiger partial charge in [0.05, 0.1) is 12.0 Å². The molecule has 9 heteroatoms. The van der Waals surface area contributed by atoms with Crippen molar-refractivity contribution < 1.29 is 14.0 Å². The van der Waals surface area contributed by atoms with E-state index in [9.17, 15) is 0 Å². The van der Waals surface area contributed by atoms with Gasteiger partial charge in [0.2, 0.25) is 0 Å². The van der Waals surface area contributed by atoms with Gasteiger partial charge in [-0.2, -0.15) is 0 Å². The topological polar surface area (TPSA) is 79.7 Å². The van der Waals surface area contributed by atoms with Gasteiger partial charge in [0.1, 0.15) is 0 Å². The largest absolute Gasteiger partial charge is 0.427 e. The van der Waals surface area contributed by atoms with Gasteiger partial charge in [0.25, 0.3) is 0 Å². The first-order valence-electron chi connectivity index (χ1n) is 13.8. The Labute approximate surface area is 254 Å². The van der Waals surface area contributed by atoms with Crippen LogP contribution in [0.1, 0.15) is 34.3 Å². The van der Waals surface area contributed by atoms with Crippen molar-refractivity contribution in [2.75, 3.05) is 26.3 Å². The summed E-state index contributed by atoms with van der Waals surface area (Å²) in [4.78, 5) is 0. The minimum absolute atomic E-state index is 0.347. The number of hydrogen-bond donors (Lipinski definition) is 2. The zero-order valence-corrected chi connectivity index (χ0v) is 25.0. The highest BCUT2D eigenvalue weighted by molar-refractivity contribution is 6.70. The maximum Gasteiger partial charge on any atom is 0.361 e. The first kappa shape index (κ1) is 31.3. The lowest BCUT2D eigenvalue weighted by Gasteiger charge is -2.33. The fraction of sp³-hybridized carbons (Fsp3) is 0.250. The van der Waals surface area contributed by atoms with Gasteiger partial charge in [0, 0.05) is 36.3 Å². The van der Waals surface area contributed by atoms with Crippen molar-refractivity contribution in [1.29, 1.82) is 0 Å². The molecule has 0 saturated carbocycles. The van der Waals surface area contributed by atoms with Crippen molar-refractivity contribution in [3.63, 3.8) is 0 Å². The van der Waals surface area contributed by atoms with E-state index < -0.39 is 25.8 Å². The Kier molecular flexibility index (Phi) is 11.9. The number of ether oxygens (including phenoxy) is 1. The molecule has 4 aromatic rings. The molecular weight excluding hydrogens is 553 g/mol. The van der Waals surface area contributed by atoms with Crippen LogP contribution in [-0.4, -0.2) is 40.1 Å². The highest BCUT2D eigenvalue weighted by Crippen LogP contribution is 2.32. The summed E-state index contributed by atoms with van der Waals surface area (Å²) in [5.74, 6) is 0. The number of nitrogens with two attached hydrogens (primary N) is 2. The third kappa shape index (κ3) is 8.24. The van der Waals surface area contributed by atoms with Crippen LogP contribution in [0.2, 0.25) is 10.0 Å². The van der Waals surface area contributed by atoms with Gasteiger partial charge < -0.3 is 25.5 Å². The van der Waals surface area contributed by atoms with Gasteiger partial charge in [-0.15, -0.1) is 0 Å². The molecule has 4 N–H and O–H groups in total. The normalized spacial score (nSPS) is 12.6. The molecule has 5 nitrogen and oxygen atoms in total. The van der Waals surface area contributed by atoms with Gasteiger partial charge in [-0.1, -0.05) is 108 Å². The Morgan fingerprint density at radius 1 is 0.610 bits per heavy atom. The summed E-state index contributed by atoms with van der Waals surface area (Å²) < 4.78 is 20.0. The minimum Gasteiger partial charge on any atom is -0.427 e. The van der Waals surface area contributed by atoms with Crippen molar-refractivity contribution in [1.82, 2.24) is 0 Å². The van der Waals surface area contributed by atoms with Crippen molar-refractivity contribution in [3.05, 3.63) is 129 Å². The molecule has 0 saturated heterocycles. The highest BCUT2D eigenvalue weighted by Gasteiger charge is 2.40. The number of aryl methyl sites for hydroxylation is 2. The van der Waals surface area contributed by atoms with E-state index in [1.807, 2.05) is 111 Å². The average Bonchev–Trinajstić information content (AvgIpc) is 3.00. The summed E-state index contributed by atoms with van der Waals surface area (Å²) >= 11 is 13.2. The van der Waals surface area contributed by atoms with E-state index in [0.29, 0.717) is 36.3 Å². The fourth-order valence-electron chi connectivity index (χ4n) is 4.77. The predicted molar refractivity (Wildman–Crippen MR) is 173 cm³/mol. The Morgan fingerprint density at radius 3 is 1.34 bits per heavy atom. The molecule has 0 amide bonds. The summed E-state index contributed by atoms with van der Waals surface area (Å²) in [5.41, 5.74) is 17.5. The molecule has 212 valence electrons. The second-order valence-corrected chi connectivity index (χ2v) is 10.8. The molecule has 4 rings (SSSR count). The lowest BCUT2D eigenvalue weighted by molar-refractivity contribution is 0.0511. The summed E-state index contributed by atoms with van der Waals surface area (Å²) in [6.07, 6.45) is 0. The maximum atomic E-state index is 7.17. The first-order valence-corrected chi connectivity index (χ1v) is 14.6. The van der Waals surface area contributed by atoms with E-state index in [1.54, 1.807) is 0 Å². The Balaban J connectivity index is 1.86. The molecule has 0 aliphatic carbocycles. The minimum atomic E-state index is -0.531. The van der Waals surface area contributed by atoms with Crippen molar-refractivity contribution in [3.8, 4) is 0 Å². The van der Waals surface area contributed by atoms with Gasteiger partial charge in [-0.05, 0) is 59.2 Å². The first-order chi connectivity index (χ1) is 19.9. The van der Waals surface area contributed by atoms with E-state index >= 15 is 0 Å². The van der Waals surface area contributed by atoms with Crippen LogP contribution < -0.4 is 22.4 Å². The van der Waals surface area contributed by atoms with Gasteiger partial charge in [-0.3, -0.25) is 0 Å². The number of rotatable bonds is 14. The molecule has 0 aliphatic heterocycles. The van der Waals surface area contributed by atoms with E-state index in [2.05, 4.69) is 0 Å². The predicted octanol–water partition coefficient (Wildman–Crippen LogP) is 5.24. The number of benzene rings is 4. The monoisotopic (exact) mass is 588 g/mol. The molecular formula is C32H36B2Cl2N2O3. The summed E-state index contributed by atoms with van der Waals surface area (Å²) in [7, 11) is 0. The zero-order chi connectivity index (χ0) is 29.2. The third-order valence-corrected chi connectivity index (χ3v) is 7.79. The van der Waals surface area contributed by atoms with E-state index in [1.165, 1.54) is 0 Å². The lowest BCUT2D eigenvalue weighted by Crippen LogP contribution is -2.47. The van der Waals surface area contributed by atoms with Crippen LogP contribution in [0.5, 0.6) is 0 Å². The molecule has 41 heavy (non-hydrogen) atoms. The second kappa shape index (κ2) is 15.6. The Bertz CT molecular complexity index is 1280. The molecule has 0 aliphatic rings. The summed E-state index contributed by atoms with van der Waals surface area (Å²) in [6, 6.07) is 31.0. The van der Waals surface area contributed by atoms with Crippen LogP contribution in [0.4, 0.5) is 0 Å². The SMILES string of the molecule is Cc1ccc(B(OCCN)C(OC(B(OCCN)c2ccc(C)c(Cl)c2)c2ccccc2)c2ccccc2)cc1Cl. The number of halogens is 2. The lowest BCUT2D eigenvalue weighted by atomic mass is 9.51. The van der Waals surface area contributed by atoms with Gasteiger partial charge in [-0.25, -0.2) is 0 Å². The standard InChI is InChI=1S/C32H36B2Cl2N2O3/c1-23-13-15-27(21-29(23)35)33(39-19-17-37)31(25-9-5-3-6-10-25)41-32(26-11-7-4-8-12-26)34(40-20-18-38)28-16-14-24(2)30(36)22-28/h3-16,21-22,31-32H,17-20,37-38H2,1-2H3. The fourth-order valence-corrected chi connectivity index (χ4v) is 5.15. The molecule has 0 heterocycles. The number of hydrogen-bond acceptors (Lipinski definition) is 5. The second-order valence-electron chi connectivity index (χ2n) is 9.98. The van der Waals surface area contributed by atoms with Crippen LogP contribution in [0, 0.1) is 13.8 Å². The van der Waals surface area contributed by atoms with Crippen LogP contribution in [0.25, 0.3) is 0 Å². The van der Waals surface area contributed by atoms with E-state index in [4.69, 9.17) is 48.7 Å². The molecule has 0 spiro atoms. The Morgan fingerprint density at radius 2 is 1.00 bits per heavy atom. The third-order valence-electron chi connectivity index (χ3n) is 6.98. The molecule has 0 bridgehead atoms. The quantitative estimate of drug-likeness (QED) is 0.197. The molecule has 0 aromatic heterocycles. The summed E-state index contributed by atoms with van der Waals surface area (Å²) in [6.45, 7) is 4.38. The van der Waals surface area contributed by atoms with Crippen LogP contribution in [-0.2, 0) is 14.0 Å². The van der Waals surface area contributed by atoms with Crippen molar-refractivity contribution in [2.24, 2.45) is 11.5 Å². The highest BCUT2D eigenvalue weighted by atomic mass is 35.5. The average molecular weight is 589 g/mol. The molecule has 2 unspecified atom stereocenters. The van der Waals surface area contributed by atoms with Gasteiger partial charge >= 0.3 is 13.8 Å². The van der Waals surface area contributed by atoms with Crippen molar-refractivity contribution in [2.45, 2.75) is 25.9 Å². The maximum absolute atomic E-state index is 7.17. The summed E-state index contributed by atoms with van der Waals surface area (Å²) in [5, 5.41) is 1.32. The van der Waals surface area contributed by atoms with Crippen molar-refractivity contribution >= 4 is 48.0 Å². The van der Waals surface area contributed by atoms with Crippen LogP contribution in [0.15, 0.2) is 97.1 Å². The molecule has 0 fully saturated rings.